The van der Waals surface area contributed by atoms with Crippen LogP contribution in [0.15, 0.2) is 36.9 Å². The van der Waals surface area contributed by atoms with Gasteiger partial charge in [0.25, 0.3) is 0 Å². The van der Waals surface area contributed by atoms with Gasteiger partial charge in [-0.05, 0) is 38.1 Å². The van der Waals surface area contributed by atoms with Gasteiger partial charge in [0.05, 0.1) is 6.33 Å². The predicted molar refractivity (Wildman–Crippen MR) is 71.1 cm³/mol. The summed E-state index contributed by atoms with van der Waals surface area (Å²) in [5, 5.41) is 0. The van der Waals surface area contributed by atoms with E-state index >= 15 is 0 Å². The molecule has 0 aliphatic heterocycles. The van der Waals surface area contributed by atoms with Crippen LogP contribution in [0.1, 0.15) is 19.9 Å². The second-order valence-electron chi connectivity index (χ2n) is 4.65. The van der Waals surface area contributed by atoms with Crippen LogP contribution >= 0.6 is 0 Å². The lowest BCUT2D eigenvalue weighted by Crippen LogP contribution is -2.00. The van der Waals surface area contributed by atoms with E-state index in [1.165, 1.54) is 18.5 Å². The molecule has 0 bridgehead atoms. The Balaban J connectivity index is 2.22. The molecule has 0 atom stereocenters. The van der Waals surface area contributed by atoms with Crippen molar-refractivity contribution in [2.75, 3.05) is 0 Å². The normalized spacial score (nSPS) is 11.4. The fourth-order valence-electron chi connectivity index (χ4n) is 2.05. The molecule has 0 unspecified atom stereocenters. The van der Waals surface area contributed by atoms with Crippen molar-refractivity contribution in [1.82, 2.24) is 19.5 Å². The van der Waals surface area contributed by atoms with Crippen LogP contribution in [0.5, 0.6) is 0 Å². The van der Waals surface area contributed by atoms with E-state index in [0.717, 1.165) is 22.4 Å². The Bertz CT molecular complexity index is 716. The second kappa shape index (κ2) is 4.42. The zero-order valence-electron chi connectivity index (χ0n) is 10.7. The van der Waals surface area contributed by atoms with Crippen LogP contribution in [-0.2, 0) is 0 Å². The van der Waals surface area contributed by atoms with E-state index in [0.29, 0.717) is 0 Å². The molecule has 0 aliphatic rings. The lowest BCUT2D eigenvalue weighted by atomic mass is 10.1. The lowest BCUT2D eigenvalue weighted by molar-refractivity contribution is 0.612. The van der Waals surface area contributed by atoms with Gasteiger partial charge in [-0.2, -0.15) is 0 Å². The molecule has 96 valence electrons. The summed E-state index contributed by atoms with van der Waals surface area (Å²) in [5.41, 5.74) is 3.10. The van der Waals surface area contributed by atoms with Crippen LogP contribution in [-0.4, -0.2) is 19.5 Å². The summed E-state index contributed by atoms with van der Waals surface area (Å²) in [5.74, 6) is -0.262. The molecule has 0 radical (unpaired) electrons. The number of aromatic nitrogens is 4. The third-order valence-electron chi connectivity index (χ3n) is 3.03. The number of hydrogen-bond acceptors (Lipinski definition) is 3. The Kier molecular flexibility index (Phi) is 2.74. The van der Waals surface area contributed by atoms with E-state index in [4.69, 9.17) is 0 Å². The van der Waals surface area contributed by atoms with E-state index in [2.05, 4.69) is 28.8 Å². The quantitative estimate of drug-likeness (QED) is 0.707. The number of rotatable bonds is 2. The Morgan fingerprint density at radius 1 is 1.05 bits per heavy atom. The molecule has 0 aliphatic carbocycles. The molecular weight excluding hydrogens is 243 g/mol. The molecule has 5 heteroatoms. The molecule has 0 spiro atoms. The van der Waals surface area contributed by atoms with Gasteiger partial charge in [-0.15, -0.1) is 0 Å². The minimum Gasteiger partial charge on any atom is -0.313 e. The molecule has 4 nitrogen and oxygen atoms in total. The predicted octanol–water partition coefficient (Wildman–Crippen LogP) is 3.21. The fraction of sp³-hybridized carbons (Fsp3) is 0.214. The number of benzene rings is 1. The SMILES string of the molecule is CC(C)n1cnc2c(-c3ccc(F)cc3)ncnc21. The summed E-state index contributed by atoms with van der Waals surface area (Å²) in [6.07, 6.45) is 3.28. The number of fused-ring (bicyclic) bond motifs is 1. The van der Waals surface area contributed by atoms with Crippen LogP contribution < -0.4 is 0 Å². The molecule has 0 fully saturated rings. The molecule has 2 heterocycles. The van der Waals surface area contributed by atoms with Crippen molar-refractivity contribution in [2.45, 2.75) is 19.9 Å². The molecule has 1 aromatic carbocycles. The van der Waals surface area contributed by atoms with E-state index in [1.807, 2.05) is 4.57 Å². The highest BCUT2D eigenvalue weighted by atomic mass is 19.1. The Hall–Kier alpha value is -2.30. The monoisotopic (exact) mass is 256 g/mol. The Morgan fingerprint density at radius 2 is 1.79 bits per heavy atom. The molecule has 0 N–H and O–H groups in total. The average molecular weight is 256 g/mol. The number of hydrogen-bond donors (Lipinski definition) is 0. The van der Waals surface area contributed by atoms with Crippen molar-refractivity contribution < 1.29 is 4.39 Å². The topological polar surface area (TPSA) is 43.6 Å². The van der Waals surface area contributed by atoms with Gasteiger partial charge in [-0.3, -0.25) is 0 Å². The van der Waals surface area contributed by atoms with Gasteiger partial charge in [0.1, 0.15) is 23.4 Å². The first-order chi connectivity index (χ1) is 9.16. The van der Waals surface area contributed by atoms with Crippen molar-refractivity contribution >= 4 is 11.2 Å². The van der Waals surface area contributed by atoms with E-state index < -0.39 is 0 Å². The summed E-state index contributed by atoms with van der Waals surface area (Å²) in [6.45, 7) is 4.14. The molecule has 0 saturated carbocycles. The van der Waals surface area contributed by atoms with Gasteiger partial charge in [0.2, 0.25) is 0 Å². The van der Waals surface area contributed by atoms with Crippen molar-refractivity contribution in [3.63, 3.8) is 0 Å². The van der Waals surface area contributed by atoms with Gasteiger partial charge in [0.15, 0.2) is 5.65 Å². The fourth-order valence-corrected chi connectivity index (χ4v) is 2.05. The molecule has 3 aromatic rings. The summed E-state index contributed by atoms with van der Waals surface area (Å²) < 4.78 is 15.0. The zero-order valence-corrected chi connectivity index (χ0v) is 10.7. The first kappa shape index (κ1) is 11.8. The standard InChI is InChI=1S/C14H13FN4/c1-9(2)19-8-18-13-12(16-7-17-14(13)19)10-3-5-11(15)6-4-10/h3-9H,1-2H3. The van der Waals surface area contributed by atoms with Gasteiger partial charge >= 0.3 is 0 Å². The number of halogens is 1. The van der Waals surface area contributed by atoms with Gasteiger partial charge in [-0.25, -0.2) is 19.3 Å². The van der Waals surface area contributed by atoms with Gasteiger partial charge < -0.3 is 4.57 Å². The Labute approximate surface area is 110 Å². The maximum atomic E-state index is 13.0. The van der Waals surface area contributed by atoms with Crippen LogP contribution in [0.2, 0.25) is 0 Å². The molecule has 0 amide bonds. The second-order valence-corrected chi connectivity index (χ2v) is 4.65. The summed E-state index contributed by atoms with van der Waals surface area (Å²) in [6, 6.07) is 6.52. The third kappa shape index (κ3) is 1.97. The van der Waals surface area contributed by atoms with Crippen molar-refractivity contribution in [2.24, 2.45) is 0 Å². The summed E-state index contributed by atoms with van der Waals surface area (Å²) in [7, 11) is 0. The maximum absolute atomic E-state index is 13.0. The van der Waals surface area contributed by atoms with Crippen molar-refractivity contribution in [3.05, 3.63) is 42.7 Å². The highest BCUT2D eigenvalue weighted by molar-refractivity contribution is 5.87. The average Bonchev–Trinajstić information content (AvgIpc) is 2.83. The first-order valence-corrected chi connectivity index (χ1v) is 6.10. The number of nitrogens with zero attached hydrogens (tertiary/aromatic N) is 4. The van der Waals surface area contributed by atoms with Crippen LogP contribution in [0, 0.1) is 5.82 Å². The summed E-state index contributed by atoms with van der Waals surface area (Å²) in [4.78, 5) is 12.9. The maximum Gasteiger partial charge on any atom is 0.164 e. The van der Waals surface area contributed by atoms with E-state index in [9.17, 15) is 4.39 Å². The van der Waals surface area contributed by atoms with Crippen LogP contribution in [0.25, 0.3) is 22.4 Å². The molecule has 3 rings (SSSR count). The van der Waals surface area contributed by atoms with E-state index in [-0.39, 0.29) is 11.9 Å². The highest BCUT2D eigenvalue weighted by Gasteiger charge is 2.12. The molecule has 2 aromatic heterocycles. The molecule has 0 saturated heterocycles. The minimum absolute atomic E-state index is 0.262. The minimum atomic E-state index is -0.262. The van der Waals surface area contributed by atoms with Crippen molar-refractivity contribution in [1.29, 1.82) is 0 Å². The number of imidazole rings is 1. The molecule has 19 heavy (non-hydrogen) atoms. The summed E-state index contributed by atoms with van der Waals surface area (Å²) >= 11 is 0. The van der Waals surface area contributed by atoms with Crippen LogP contribution in [0.4, 0.5) is 4.39 Å². The van der Waals surface area contributed by atoms with Gasteiger partial charge in [0, 0.05) is 11.6 Å². The van der Waals surface area contributed by atoms with Crippen molar-refractivity contribution in [3.8, 4) is 11.3 Å². The zero-order chi connectivity index (χ0) is 13.4. The highest BCUT2D eigenvalue weighted by Crippen LogP contribution is 2.25. The third-order valence-corrected chi connectivity index (χ3v) is 3.03. The van der Waals surface area contributed by atoms with Crippen LogP contribution in [0.3, 0.4) is 0 Å². The first-order valence-electron chi connectivity index (χ1n) is 6.10. The Morgan fingerprint density at radius 3 is 2.47 bits per heavy atom. The largest absolute Gasteiger partial charge is 0.313 e. The smallest absolute Gasteiger partial charge is 0.164 e. The lowest BCUT2D eigenvalue weighted by Gasteiger charge is -2.07. The van der Waals surface area contributed by atoms with E-state index in [1.54, 1.807) is 18.5 Å². The van der Waals surface area contributed by atoms with Gasteiger partial charge in [-0.1, -0.05) is 0 Å². The molecular formula is C14H13FN4.